The number of hydrogen-bond donors (Lipinski definition) is 2. The second-order valence-corrected chi connectivity index (χ2v) is 6.46. The highest BCUT2D eigenvalue weighted by molar-refractivity contribution is 6.03. The molecule has 1 aromatic carbocycles. The minimum atomic E-state index is -0.217. The van der Waals surface area contributed by atoms with Gasteiger partial charge < -0.3 is 15.3 Å². The number of nitrogens with zero attached hydrogens (tertiary/aromatic N) is 1. The van der Waals surface area contributed by atoms with Crippen molar-refractivity contribution in [3.8, 4) is 5.75 Å². The van der Waals surface area contributed by atoms with Crippen LogP contribution < -0.4 is 5.32 Å². The number of oxime groups is 1. The normalized spacial score (nSPS) is 20.3. The van der Waals surface area contributed by atoms with E-state index in [2.05, 4.69) is 31.2 Å². The molecule has 0 saturated heterocycles. The molecule has 1 aliphatic rings. The smallest absolute Gasteiger partial charge is 0.223 e. The third-order valence-electron chi connectivity index (χ3n) is 3.94. The van der Waals surface area contributed by atoms with E-state index in [4.69, 9.17) is 4.84 Å². The fourth-order valence-electron chi connectivity index (χ4n) is 2.73. The Labute approximate surface area is 137 Å². The van der Waals surface area contributed by atoms with Crippen molar-refractivity contribution in [1.29, 1.82) is 0 Å². The van der Waals surface area contributed by atoms with Gasteiger partial charge in [-0.15, -0.1) is 0 Å². The van der Waals surface area contributed by atoms with Gasteiger partial charge in [-0.25, -0.2) is 0 Å². The van der Waals surface area contributed by atoms with Crippen LogP contribution >= 0.6 is 0 Å². The average molecular weight is 318 g/mol. The molecule has 2 atom stereocenters. The summed E-state index contributed by atoms with van der Waals surface area (Å²) in [4.78, 5) is 17.6. The van der Waals surface area contributed by atoms with E-state index < -0.39 is 0 Å². The Morgan fingerprint density at radius 3 is 2.65 bits per heavy atom. The lowest BCUT2D eigenvalue weighted by Crippen LogP contribution is -2.33. The first kappa shape index (κ1) is 17.3. The van der Waals surface area contributed by atoms with E-state index in [0.717, 1.165) is 24.1 Å². The van der Waals surface area contributed by atoms with Gasteiger partial charge in [-0.1, -0.05) is 32.3 Å². The maximum absolute atomic E-state index is 12.1. The molecule has 1 aliphatic heterocycles. The third-order valence-corrected chi connectivity index (χ3v) is 3.94. The second-order valence-electron chi connectivity index (χ2n) is 6.46. The van der Waals surface area contributed by atoms with Crippen LogP contribution in [0.15, 0.2) is 29.4 Å². The van der Waals surface area contributed by atoms with Crippen LogP contribution in [0.25, 0.3) is 0 Å². The van der Waals surface area contributed by atoms with Gasteiger partial charge in [-0.3, -0.25) is 4.79 Å². The Bertz CT molecular complexity index is 552. The van der Waals surface area contributed by atoms with Crippen molar-refractivity contribution in [3.63, 3.8) is 0 Å². The Morgan fingerprint density at radius 2 is 2.04 bits per heavy atom. The number of carbonyl (C=O) groups is 1. The van der Waals surface area contributed by atoms with Gasteiger partial charge in [-0.2, -0.15) is 0 Å². The number of phenols is 1. The lowest BCUT2D eigenvalue weighted by atomic mass is 9.87. The Balaban J connectivity index is 2.03. The van der Waals surface area contributed by atoms with Gasteiger partial charge in [0.15, 0.2) is 0 Å². The monoisotopic (exact) mass is 318 g/mol. The van der Waals surface area contributed by atoms with Gasteiger partial charge in [0.25, 0.3) is 0 Å². The maximum Gasteiger partial charge on any atom is 0.223 e. The number of amides is 1. The van der Waals surface area contributed by atoms with Crippen molar-refractivity contribution in [2.24, 2.45) is 17.0 Å². The largest absolute Gasteiger partial charge is 0.508 e. The zero-order chi connectivity index (χ0) is 16.8. The van der Waals surface area contributed by atoms with Crippen LogP contribution in [-0.2, 0) is 9.63 Å². The Hall–Kier alpha value is -2.04. The zero-order valence-electron chi connectivity index (χ0n) is 14.1. The van der Waals surface area contributed by atoms with Gasteiger partial charge in [-0.05, 0) is 42.2 Å². The van der Waals surface area contributed by atoms with E-state index in [1.807, 2.05) is 12.1 Å². The minimum Gasteiger partial charge on any atom is -0.508 e. The lowest BCUT2D eigenvalue weighted by Gasteiger charge is -2.18. The standard InChI is InChI=1S/C18H26N2O3/c1-4-5-15-16(10-17(22)19-11-12(2)3)23-20-18(15)13-6-8-14(21)9-7-13/h6-9,12,15-16,21H,4-5,10-11H2,1-3H3,(H,19,22). The number of hydrogen-bond acceptors (Lipinski definition) is 4. The molecule has 0 saturated carbocycles. The van der Waals surface area contributed by atoms with Crippen LogP contribution in [0.4, 0.5) is 0 Å². The van der Waals surface area contributed by atoms with Crippen molar-refractivity contribution in [2.45, 2.75) is 46.1 Å². The molecular formula is C18H26N2O3. The first-order valence-electron chi connectivity index (χ1n) is 8.31. The maximum atomic E-state index is 12.1. The summed E-state index contributed by atoms with van der Waals surface area (Å²) < 4.78 is 0. The molecule has 2 unspecified atom stereocenters. The molecule has 126 valence electrons. The number of nitrogens with one attached hydrogen (secondary N) is 1. The van der Waals surface area contributed by atoms with Crippen LogP contribution in [0.1, 0.15) is 45.6 Å². The average Bonchev–Trinajstić information content (AvgIpc) is 2.89. The van der Waals surface area contributed by atoms with Gasteiger partial charge in [0.2, 0.25) is 5.91 Å². The highest BCUT2D eigenvalue weighted by atomic mass is 16.6. The molecule has 0 spiro atoms. The molecule has 0 aliphatic carbocycles. The van der Waals surface area contributed by atoms with E-state index in [0.29, 0.717) is 18.9 Å². The minimum absolute atomic E-state index is 0.00644. The van der Waals surface area contributed by atoms with Gasteiger partial charge in [0.1, 0.15) is 11.9 Å². The Kier molecular flexibility index (Phi) is 6.02. The van der Waals surface area contributed by atoms with Crippen LogP contribution in [0.3, 0.4) is 0 Å². The zero-order valence-corrected chi connectivity index (χ0v) is 14.1. The van der Waals surface area contributed by atoms with Crippen LogP contribution in [0.5, 0.6) is 5.75 Å². The summed E-state index contributed by atoms with van der Waals surface area (Å²) in [6.45, 7) is 6.93. The third kappa shape index (κ3) is 4.71. The molecule has 0 bridgehead atoms. The second kappa shape index (κ2) is 7.99. The quantitative estimate of drug-likeness (QED) is 0.811. The number of rotatable bonds is 7. The molecule has 5 heteroatoms. The number of phenolic OH excluding ortho intramolecular Hbond substituents is 1. The van der Waals surface area contributed by atoms with Crippen LogP contribution in [-0.4, -0.2) is 29.4 Å². The highest BCUT2D eigenvalue weighted by Gasteiger charge is 2.35. The molecule has 1 amide bonds. The lowest BCUT2D eigenvalue weighted by molar-refractivity contribution is -0.124. The number of carbonyl (C=O) groups excluding carboxylic acids is 1. The van der Waals surface area contributed by atoms with E-state index in [9.17, 15) is 9.90 Å². The first-order chi connectivity index (χ1) is 11.0. The fourth-order valence-corrected chi connectivity index (χ4v) is 2.73. The molecule has 1 aromatic rings. The molecule has 2 N–H and O–H groups in total. The van der Waals surface area contributed by atoms with Crippen LogP contribution in [0.2, 0.25) is 0 Å². The summed E-state index contributed by atoms with van der Waals surface area (Å²) in [7, 11) is 0. The summed E-state index contributed by atoms with van der Waals surface area (Å²) in [5.74, 6) is 0.768. The van der Waals surface area contributed by atoms with Crippen molar-refractivity contribution in [2.75, 3.05) is 6.54 Å². The molecule has 0 fully saturated rings. The summed E-state index contributed by atoms with van der Waals surface area (Å²) in [6.07, 6.45) is 2.02. The SMILES string of the molecule is CCCC1C(c2ccc(O)cc2)=NOC1CC(=O)NCC(C)C. The van der Waals surface area contributed by atoms with E-state index in [-0.39, 0.29) is 23.7 Å². The number of benzene rings is 1. The van der Waals surface area contributed by atoms with Crippen molar-refractivity contribution >= 4 is 11.6 Å². The molecule has 2 rings (SSSR count). The first-order valence-corrected chi connectivity index (χ1v) is 8.31. The molecule has 1 heterocycles. The van der Waals surface area contributed by atoms with Gasteiger partial charge in [0, 0.05) is 12.5 Å². The molecule has 0 radical (unpaired) electrons. The molecule has 0 aromatic heterocycles. The summed E-state index contributed by atoms with van der Waals surface area (Å²) in [5, 5.41) is 16.6. The fraction of sp³-hybridized carbons (Fsp3) is 0.556. The van der Waals surface area contributed by atoms with E-state index in [1.165, 1.54) is 0 Å². The van der Waals surface area contributed by atoms with E-state index >= 15 is 0 Å². The van der Waals surface area contributed by atoms with Gasteiger partial charge >= 0.3 is 0 Å². The molecule has 5 nitrogen and oxygen atoms in total. The summed E-state index contributed by atoms with van der Waals surface area (Å²) in [6, 6.07) is 6.95. The number of aromatic hydroxyl groups is 1. The van der Waals surface area contributed by atoms with Gasteiger partial charge in [0.05, 0.1) is 12.1 Å². The summed E-state index contributed by atoms with van der Waals surface area (Å²) >= 11 is 0. The molecular weight excluding hydrogens is 292 g/mol. The van der Waals surface area contributed by atoms with E-state index in [1.54, 1.807) is 12.1 Å². The highest BCUT2D eigenvalue weighted by Crippen LogP contribution is 2.29. The summed E-state index contributed by atoms with van der Waals surface area (Å²) in [5.41, 5.74) is 1.81. The van der Waals surface area contributed by atoms with Crippen molar-refractivity contribution < 1.29 is 14.7 Å². The predicted octanol–water partition coefficient (Wildman–Crippen LogP) is 3.07. The Morgan fingerprint density at radius 1 is 1.35 bits per heavy atom. The van der Waals surface area contributed by atoms with Crippen molar-refractivity contribution in [1.82, 2.24) is 5.32 Å². The van der Waals surface area contributed by atoms with Crippen molar-refractivity contribution in [3.05, 3.63) is 29.8 Å². The van der Waals surface area contributed by atoms with Crippen LogP contribution in [0, 0.1) is 11.8 Å². The predicted molar refractivity (Wildman–Crippen MR) is 90.4 cm³/mol. The topological polar surface area (TPSA) is 70.9 Å². The molecule has 23 heavy (non-hydrogen) atoms.